The molecule has 1 heterocycles. The van der Waals surface area contributed by atoms with Crippen LogP contribution < -0.4 is 5.32 Å². The van der Waals surface area contributed by atoms with Gasteiger partial charge in [0.1, 0.15) is 0 Å². The zero-order chi connectivity index (χ0) is 11.3. The number of nitrogens with one attached hydrogen (secondary N) is 1. The van der Waals surface area contributed by atoms with Gasteiger partial charge in [-0.25, -0.2) is 0 Å². The molecule has 0 radical (unpaired) electrons. The fourth-order valence-corrected chi connectivity index (χ4v) is 1.31. The van der Waals surface area contributed by atoms with Crippen molar-refractivity contribution in [2.45, 2.75) is 26.3 Å². The van der Waals surface area contributed by atoms with Gasteiger partial charge in [0.25, 0.3) is 0 Å². The van der Waals surface area contributed by atoms with Crippen LogP contribution in [-0.2, 0) is 18.4 Å². The van der Waals surface area contributed by atoms with E-state index >= 15 is 0 Å². The van der Waals surface area contributed by atoms with E-state index in [0.29, 0.717) is 6.42 Å². The fraction of sp³-hybridized carbons (Fsp3) is 0.600. The molecule has 0 aromatic carbocycles. The summed E-state index contributed by atoms with van der Waals surface area (Å²) in [5.41, 5.74) is 2.30. The first-order valence-electron chi connectivity index (χ1n) is 5.01. The van der Waals surface area contributed by atoms with Crippen LogP contribution >= 0.6 is 0 Å². The van der Waals surface area contributed by atoms with E-state index in [0.717, 1.165) is 24.3 Å². The monoisotopic (exact) mass is 211 g/mol. The second kappa shape index (κ2) is 5.50. The van der Waals surface area contributed by atoms with E-state index in [2.05, 4.69) is 10.4 Å². The largest absolute Gasteiger partial charge is 0.481 e. The summed E-state index contributed by atoms with van der Waals surface area (Å²) in [6, 6.07) is 0. The summed E-state index contributed by atoms with van der Waals surface area (Å²) in [6.45, 7) is 3.49. The number of aliphatic carboxylic acids is 1. The van der Waals surface area contributed by atoms with Crippen molar-refractivity contribution < 1.29 is 9.90 Å². The zero-order valence-corrected chi connectivity index (χ0v) is 9.16. The molecule has 0 spiro atoms. The minimum Gasteiger partial charge on any atom is -0.481 e. The lowest BCUT2D eigenvalue weighted by atomic mass is 10.2. The van der Waals surface area contributed by atoms with Crippen molar-refractivity contribution >= 4 is 5.97 Å². The molecular formula is C10H17N3O2. The molecule has 0 unspecified atom stereocenters. The van der Waals surface area contributed by atoms with Gasteiger partial charge in [-0.3, -0.25) is 9.48 Å². The van der Waals surface area contributed by atoms with Gasteiger partial charge in [0, 0.05) is 31.3 Å². The number of hydrogen-bond donors (Lipinski definition) is 2. The first-order chi connectivity index (χ1) is 7.11. The number of aromatic nitrogens is 2. The highest BCUT2D eigenvalue weighted by atomic mass is 16.4. The van der Waals surface area contributed by atoms with Crippen molar-refractivity contribution in [3.63, 3.8) is 0 Å². The van der Waals surface area contributed by atoms with Gasteiger partial charge in [0.15, 0.2) is 0 Å². The Kier molecular flexibility index (Phi) is 4.30. The van der Waals surface area contributed by atoms with Crippen LogP contribution in [0.15, 0.2) is 6.20 Å². The predicted octanol–water partition coefficient (Wildman–Crippen LogP) is 0.683. The summed E-state index contributed by atoms with van der Waals surface area (Å²) in [6.07, 6.45) is 2.72. The molecule has 1 aromatic rings. The van der Waals surface area contributed by atoms with Crippen LogP contribution in [0.2, 0.25) is 0 Å². The highest BCUT2D eigenvalue weighted by molar-refractivity contribution is 5.66. The molecule has 5 nitrogen and oxygen atoms in total. The van der Waals surface area contributed by atoms with Gasteiger partial charge in [-0.05, 0) is 19.9 Å². The summed E-state index contributed by atoms with van der Waals surface area (Å²) in [5, 5.41) is 15.8. The van der Waals surface area contributed by atoms with Crippen LogP contribution in [0.1, 0.15) is 24.1 Å². The van der Waals surface area contributed by atoms with Crippen LogP contribution in [0.4, 0.5) is 0 Å². The third-order valence-corrected chi connectivity index (χ3v) is 2.40. The third-order valence-electron chi connectivity index (χ3n) is 2.40. The molecule has 0 saturated carbocycles. The van der Waals surface area contributed by atoms with E-state index in [9.17, 15) is 4.79 Å². The van der Waals surface area contributed by atoms with Gasteiger partial charge in [-0.1, -0.05) is 0 Å². The Labute approximate surface area is 89.1 Å². The van der Waals surface area contributed by atoms with E-state index in [4.69, 9.17) is 5.11 Å². The topological polar surface area (TPSA) is 67.2 Å². The summed E-state index contributed by atoms with van der Waals surface area (Å²) >= 11 is 0. The number of aryl methyl sites for hydroxylation is 1. The third kappa shape index (κ3) is 3.71. The number of carbonyl (C=O) groups is 1. The molecule has 0 aliphatic rings. The number of hydrogen-bond acceptors (Lipinski definition) is 3. The quantitative estimate of drug-likeness (QED) is 0.679. The Morgan fingerprint density at radius 1 is 1.67 bits per heavy atom. The van der Waals surface area contributed by atoms with Crippen molar-refractivity contribution in [3.05, 3.63) is 17.5 Å². The maximum Gasteiger partial charge on any atom is 0.303 e. The van der Waals surface area contributed by atoms with Crippen molar-refractivity contribution in [2.75, 3.05) is 6.54 Å². The smallest absolute Gasteiger partial charge is 0.303 e. The number of rotatable bonds is 6. The van der Waals surface area contributed by atoms with Gasteiger partial charge in [0.2, 0.25) is 0 Å². The van der Waals surface area contributed by atoms with Crippen LogP contribution in [0.25, 0.3) is 0 Å². The highest BCUT2D eigenvalue weighted by Crippen LogP contribution is 2.04. The van der Waals surface area contributed by atoms with Crippen LogP contribution in [0.3, 0.4) is 0 Å². The van der Waals surface area contributed by atoms with Crippen LogP contribution in [0.5, 0.6) is 0 Å². The van der Waals surface area contributed by atoms with Gasteiger partial charge in [0.05, 0.1) is 6.20 Å². The van der Waals surface area contributed by atoms with Gasteiger partial charge < -0.3 is 10.4 Å². The molecule has 0 amide bonds. The van der Waals surface area contributed by atoms with Crippen LogP contribution in [0, 0.1) is 6.92 Å². The summed E-state index contributed by atoms with van der Waals surface area (Å²) in [4.78, 5) is 10.2. The first kappa shape index (κ1) is 11.7. The van der Waals surface area contributed by atoms with Crippen LogP contribution in [-0.4, -0.2) is 27.4 Å². The summed E-state index contributed by atoms with van der Waals surface area (Å²) in [5.74, 6) is -0.741. The Morgan fingerprint density at radius 3 is 2.93 bits per heavy atom. The normalized spacial score (nSPS) is 10.5. The lowest BCUT2D eigenvalue weighted by molar-refractivity contribution is -0.137. The maximum atomic E-state index is 10.2. The summed E-state index contributed by atoms with van der Waals surface area (Å²) < 4.78 is 1.83. The van der Waals surface area contributed by atoms with E-state index in [-0.39, 0.29) is 6.42 Å². The number of carboxylic acid groups (broad SMARTS) is 1. The molecule has 15 heavy (non-hydrogen) atoms. The molecule has 2 N–H and O–H groups in total. The molecule has 0 fully saturated rings. The maximum absolute atomic E-state index is 10.2. The molecule has 0 aliphatic carbocycles. The molecule has 1 aromatic heterocycles. The first-order valence-corrected chi connectivity index (χ1v) is 5.01. The fourth-order valence-electron chi connectivity index (χ4n) is 1.31. The Balaban J connectivity index is 2.20. The van der Waals surface area contributed by atoms with Crippen molar-refractivity contribution in [1.82, 2.24) is 15.1 Å². The highest BCUT2D eigenvalue weighted by Gasteiger charge is 2.02. The van der Waals surface area contributed by atoms with Gasteiger partial charge in [-0.15, -0.1) is 0 Å². The second-order valence-corrected chi connectivity index (χ2v) is 3.55. The second-order valence-electron chi connectivity index (χ2n) is 3.55. The number of carboxylic acids is 1. The van der Waals surface area contributed by atoms with Crippen molar-refractivity contribution in [2.24, 2.45) is 7.05 Å². The molecular weight excluding hydrogens is 194 g/mol. The van der Waals surface area contributed by atoms with E-state index in [1.54, 1.807) is 0 Å². The van der Waals surface area contributed by atoms with Gasteiger partial charge in [-0.2, -0.15) is 5.10 Å². The standard InChI is InChI=1S/C10H17N3O2/c1-8-9(7-12-13(8)2)6-11-5-3-4-10(14)15/h7,11H,3-6H2,1-2H3,(H,14,15). The number of nitrogens with zero attached hydrogens (tertiary/aromatic N) is 2. The Bertz CT molecular complexity index is 333. The molecule has 5 heteroatoms. The molecule has 1 rings (SSSR count). The molecule has 0 saturated heterocycles. The van der Waals surface area contributed by atoms with E-state index in [1.807, 2.05) is 24.9 Å². The lowest BCUT2D eigenvalue weighted by Crippen LogP contribution is -2.16. The van der Waals surface area contributed by atoms with E-state index < -0.39 is 5.97 Å². The predicted molar refractivity (Wildman–Crippen MR) is 56.5 cm³/mol. The van der Waals surface area contributed by atoms with Gasteiger partial charge >= 0.3 is 5.97 Å². The molecule has 0 bridgehead atoms. The van der Waals surface area contributed by atoms with Crippen molar-refractivity contribution in [1.29, 1.82) is 0 Å². The van der Waals surface area contributed by atoms with Crippen molar-refractivity contribution in [3.8, 4) is 0 Å². The molecule has 0 atom stereocenters. The minimum atomic E-state index is -0.741. The average molecular weight is 211 g/mol. The Hall–Kier alpha value is -1.36. The SMILES string of the molecule is Cc1c(CNCCCC(=O)O)cnn1C. The average Bonchev–Trinajstić information content (AvgIpc) is 2.48. The zero-order valence-electron chi connectivity index (χ0n) is 9.16. The molecule has 84 valence electrons. The molecule has 0 aliphatic heterocycles. The Morgan fingerprint density at radius 2 is 2.40 bits per heavy atom. The lowest BCUT2D eigenvalue weighted by Gasteiger charge is -2.03. The summed E-state index contributed by atoms with van der Waals surface area (Å²) in [7, 11) is 1.91. The van der Waals surface area contributed by atoms with E-state index in [1.165, 1.54) is 0 Å². The minimum absolute atomic E-state index is 0.221.